The molecule has 2 aromatic carbocycles. The van der Waals surface area contributed by atoms with Crippen LogP contribution in [0.3, 0.4) is 0 Å². The Hall–Kier alpha value is -3.75. The van der Waals surface area contributed by atoms with Crippen molar-refractivity contribution in [1.29, 1.82) is 0 Å². The van der Waals surface area contributed by atoms with Gasteiger partial charge >= 0.3 is 6.09 Å². The van der Waals surface area contributed by atoms with Crippen LogP contribution in [0.1, 0.15) is 63.5 Å². The van der Waals surface area contributed by atoms with Crippen molar-refractivity contribution in [2.75, 3.05) is 48.3 Å². The standard InChI is InChI=1S/C30H41N5O4/c1-19-20(2)35(21(3)36)26-13-12-24(33-14-16-34(17-15-33)29(38)39-30(4,5)6)18-25(26)27(19)32-23-10-8-22(9-11-23)28(37)31-7/h8-13,18-20,27,32H,14-17H2,1-7H3,(H,31,37)/t19-,20-,27+/m0/s1. The Morgan fingerprint density at radius 2 is 1.59 bits per heavy atom. The van der Waals surface area contributed by atoms with E-state index in [-0.39, 0.29) is 35.9 Å². The SMILES string of the molecule is CNC(=O)c1ccc(N[C@H]2c3cc(N4CCN(C(=O)OC(C)(C)C)CC4)ccc3N(C(C)=O)[C@@H](C)[C@@H]2C)cc1. The summed E-state index contributed by atoms with van der Waals surface area (Å²) >= 11 is 0. The molecule has 1 saturated heterocycles. The van der Waals surface area contributed by atoms with Crippen LogP contribution in [0.4, 0.5) is 21.9 Å². The lowest BCUT2D eigenvalue weighted by molar-refractivity contribution is -0.117. The van der Waals surface area contributed by atoms with E-state index in [0.29, 0.717) is 31.7 Å². The Kier molecular flexibility index (Phi) is 8.09. The third kappa shape index (κ3) is 6.13. The van der Waals surface area contributed by atoms with Gasteiger partial charge in [-0.25, -0.2) is 4.79 Å². The summed E-state index contributed by atoms with van der Waals surface area (Å²) in [6.45, 7) is 14.0. The minimum absolute atomic E-state index is 0.000802. The number of nitrogens with zero attached hydrogens (tertiary/aromatic N) is 3. The smallest absolute Gasteiger partial charge is 0.410 e. The molecule has 2 N–H and O–H groups in total. The number of rotatable bonds is 4. The highest BCUT2D eigenvalue weighted by molar-refractivity contribution is 5.95. The van der Waals surface area contributed by atoms with Crippen molar-refractivity contribution in [3.05, 3.63) is 53.6 Å². The molecule has 0 radical (unpaired) electrons. The predicted octanol–water partition coefficient (Wildman–Crippen LogP) is 4.65. The molecule has 3 amide bonds. The van der Waals surface area contributed by atoms with Crippen molar-refractivity contribution >= 4 is 35.0 Å². The van der Waals surface area contributed by atoms with E-state index >= 15 is 0 Å². The number of nitrogens with one attached hydrogen (secondary N) is 2. The van der Waals surface area contributed by atoms with Crippen molar-refractivity contribution in [3.63, 3.8) is 0 Å². The van der Waals surface area contributed by atoms with Crippen LogP contribution in [0.5, 0.6) is 0 Å². The number of carbonyl (C=O) groups is 3. The second-order valence-corrected chi connectivity index (χ2v) is 11.5. The molecule has 2 aliphatic heterocycles. The molecule has 4 rings (SSSR count). The van der Waals surface area contributed by atoms with Gasteiger partial charge in [0.05, 0.1) is 6.04 Å². The van der Waals surface area contributed by atoms with Crippen LogP contribution in [0.2, 0.25) is 0 Å². The molecule has 2 aliphatic rings. The Morgan fingerprint density at radius 3 is 2.15 bits per heavy atom. The minimum Gasteiger partial charge on any atom is -0.444 e. The first-order chi connectivity index (χ1) is 18.4. The van der Waals surface area contributed by atoms with Crippen molar-refractivity contribution < 1.29 is 19.1 Å². The highest BCUT2D eigenvalue weighted by Gasteiger charge is 2.38. The molecule has 0 spiro atoms. The summed E-state index contributed by atoms with van der Waals surface area (Å²) in [7, 11) is 1.62. The normalized spacial score (nSPS) is 21.2. The number of piperazine rings is 1. The zero-order valence-corrected chi connectivity index (χ0v) is 24.1. The average molecular weight is 536 g/mol. The summed E-state index contributed by atoms with van der Waals surface area (Å²) in [6.07, 6.45) is -0.279. The Labute approximate surface area is 231 Å². The summed E-state index contributed by atoms with van der Waals surface area (Å²) < 4.78 is 5.55. The number of fused-ring (bicyclic) bond motifs is 1. The number of anilines is 3. The number of benzene rings is 2. The van der Waals surface area contributed by atoms with Gasteiger partial charge in [-0.2, -0.15) is 0 Å². The van der Waals surface area contributed by atoms with Gasteiger partial charge in [-0.3, -0.25) is 9.59 Å². The van der Waals surface area contributed by atoms with E-state index in [0.717, 1.165) is 22.6 Å². The molecule has 0 aliphatic carbocycles. The van der Waals surface area contributed by atoms with Crippen molar-refractivity contribution in [3.8, 4) is 0 Å². The maximum Gasteiger partial charge on any atom is 0.410 e. The monoisotopic (exact) mass is 535 g/mol. The summed E-state index contributed by atoms with van der Waals surface area (Å²) in [6, 6.07) is 13.7. The molecule has 9 nitrogen and oxygen atoms in total. The van der Waals surface area contributed by atoms with Crippen molar-refractivity contribution in [1.82, 2.24) is 10.2 Å². The molecule has 0 aromatic heterocycles. The topological polar surface area (TPSA) is 94.2 Å². The quantitative estimate of drug-likeness (QED) is 0.592. The maximum atomic E-state index is 12.7. The first-order valence-corrected chi connectivity index (χ1v) is 13.6. The molecule has 210 valence electrons. The second-order valence-electron chi connectivity index (χ2n) is 11.5. The fourth-order valence-electron chi connectivity index (χ4n) is 5.40. The van der Waals surface area contributed by atoms with E-state index in [1.807, 2.05) is 43.9 Å². The zero-order chi connectivity index (χ0) is 28.5. The molecule has 39 heavy (non-hydrogen) atoms. The number of hydrogen-bond donors (Lipinski definition) is 2. The molecular weight excluding hydrogens is 494 g/mol. The van der Waals surface area contributed by atoms with Crippen LogP contribution in [0, 0.1) is 5.92 Å². The van der Waals surface area contributed by atoms with Gasteiger partial charge in [0.2, 0.25) is 5.91 Å². The zero-order valence-electron chi connectivity index (χ0n) is 24.1. The Bertz CT molecular complexity index is 1210. The van der Waals surface area contributed by atoms with E-state index < -0.39 is 5.60 Å². The van der Waals surface area contributed by atoms with Gasteiger partial charge in [0.1, 0.15) is 5.60 Å². The molecule has 2 heterocycles. The van der Waals surface area contributed by atoms with E-state index in [9.17, 15) is 14.4 Å². The minimum atomic E-state index is -0.520. The summed E-state index contributed by atoms with van der Waals surface area (Å²) in [5, 5.41) is 6.33. The molecule has 0 unspecified atom stereocenters. The number of carbonyl (C=O) groups excluding carboxylic acids is 3. The van der Waals surface area contributed by atoms with Gasteiger partial charge in [0.25, 0.3) is 5.91 Å². The highest BCUT2D eigenvalue weighted by Crippen LogP contribution is 2.44. The average Bonchev–Trinajstić information content (AvgIpc) is 2.90. The fourth-order valence-corrected chi connectivity index (χ4v) is 5.40. The summed E-state index contributed by atoms with van der Waals surface area (Å²) in [5.74, 6) is 0.0158. The van der Waals surface area contributed by atoms with E-state index in [1.54, 1.807) is 31.0 Å². The van der Waals surface area contributed by atoms with Crippen LogP contribution >= 0.6 is 0 Å². The van der Waals surface area contributed by atoms with Gasteiger partial charge in [-0.05, 0) is 70.2 Å². The number of amides is 3. The van der Waals surface area contributed by atoms with E-state index in [4.69, 9.17) is 4.74 Å². The predicted molar refractivity (Wildman–Crippen MR) is 154 cm³/mol. The first kappa shape index (κ1) is 28.3. The Balaban J connectivity index is 1.59. The lowest BCUT2D eigenvalue weighted by atomic mass is 9.82. The second kappa shape index (κ2) is 11.2. The van der Waals surface area contributed by atoms with Crippen LogP contribution in [0.25, 0.3) is 0 Å². The molecule has 3 atom stereocenters. The van der Waals surface area contributed by atoms with E-state index in [1.165, 1.54) is 0 Å². The summed E-state index contributed by atoms with van der Waals surface area (Å²) in [5.41, 5.74) is 4.01. The van der Waals surface area contributed by atoms with Crippen LogP contribution in [0.15, 0.2) is 42.5 Å². The van der Waals surface area contributed by atoms with E-state index in [2.05, 4.69) is 41.5 Å². The van der Waals surface area contributed by atoms with Crippen LogP contribution < -0.4 is 20.4 Å². The van der Waals surface area contributed by atoms with Crippen LogP contribution in [-0.2, 0) is 9.53 Å². The molecular formula is C30H41N5O4. The highest BCUT2D eigenvalue weighted by atomic mass is 16.6. The number of hydrogen-bond acceptors (Lipinski definition) is 6. The third-order valence-electron chi connectivity index (χ3n) is 7.63. The molecule has 2 aromatic rings. The number of ether oxygens (including phenoxy) is 1. The molecule has 9 heteroatoms. The Morgan fingerprint density at radius 1 is 0.949 bits per heavy atom. The maximum absolute atomic E-state index is 12.7. The van der Waals surface area contributed by atoms with Gasteiger partial charge in [-0.1, -0.05) is 6.92 Å². The lowest BCUT2D eigenvalue weighted by Crippen LogP contribution is -2.50. The van der Waals surface area contributed by atoms with Crippen molar-refractivity contribution in [2.45, 2.75) is 59.2 Å². The first-order valence-electron chi connectivity index (χ1n) is 13.6. The largest absolute Gasteiger partial charge is 0.444 e. The van der Waals surface area contributed by atoms with Crippen LogP contribution in [-0.4, -0.2) is 67.7 Å². The van der Waals surface area contributed by atoms with Gasteiger partial charge in [0, 0.05) is 80.3 Å². The fraction of sp³-hybridized carbons (Fsp3) is 0.500. The van der Waals surface area contributed by atoms with Crippen molar-refractivity contribution in [2.24, 2.45) is 5.92 Å². The summed E-state index contributed by atoms with van der Waals surface area (Å²) in [4.78, 5) is 43.1. The lowest BCUT2D eigenvalue weighted by Gasteiger charge is -2.45. The molecule has 1 fully saturated rings. The molecule has 0 bridgehead atoms. The van der Waals surface area contributed by atoms with Gasteiger partial charge in [0.15, 0.2) is 0 Å². The van der Waals surface area contributed by atoms with Gasteiger partial charge < -0.3 is 30.1 Å². The molecule has 0 saturated carbocycles. The third-order valence-corrected chi connectivity index (χ3v) is 7.63. The van der Waals surface area contributed by atoms with Gasteiger partial charge in [-0.15, -0.1) is 0 Å².